The molecule has 0 aromatic heterocycles. The predicted molar refractivity (Wildman–Crippen MR) is 300 cm³/mol. The molecule has 0 radical (unpaired) electrons. The first-order valence-corrected chi connectivity index (χ1v) is 31.4. The van der Waals surface area contributed by atoms with E-state index in [0.29, 0.717) is 19.6 Å². The number of amides is 6. The standard InChI is InChI=1S/C64H100N6O6/c1-68(23-19-50-28-48-17-13-18-49(27-48)29-50)60(74)36-57(71)65-20-10-4-7-14-45-24-46(15-8-5-11-21-66-58(72)37-61(75)69(2)63-39-51-30-52(40-63)32-53(31-51)41-63)26-47(25-45)16-9-6-12-22-67-59(73)38-62(76)70(3)64-42-54-33-55(43-64)35-56(34-54)44-64/h24-26,48-56H,4-23,27-44H2,1-3H3,(H,65,71)(H,66,72)(H,67,73). The van der Waals surface area contributed by atoms with Gasteiger partial charge in [0.15, 0.2) is 0 Å². The molecule has 2 unspecified atom stereocenters. The molecule has 10 saturated carbocycles. The number of aryl methyl sites for hydroxylation is 3. The van der Waals surface area contributed by atoms with Crippen molar-refractivity contribution in [2.75, 3.05) is 47.3 Å². The number of carbonyl (C=O) groups is 6. The quantitative estimate of drug-likeness (QED) is 0.0538. The average molecular weight is 1050 g/mol. The maximum absolute atomic E-state index is 13.4. The summed E-state index contributed by atoms with van der Waals surface area (Å²) in [6.45, 7) is 2.49. The van der Waals surface area contributed by atoms with Crippen molar-refractivity contribution in [3.8, 4) is 0 Å². The van der Waals surface area contributed by atoms with Crippen molar-refractivity contribution in [1.29, 1.82) is 0 Å². The molecule has 10 fully saturated rings. The van der Waals surface area contributed by atoms with Gasteiger partial charge in [-0.3, -0.25) is 28.8 Å². The minimum absolute atomic E-state index is 0.0249. The molecule has 0 aliphatic heterocycles. The number of hydrogen-bond acceptors (Lipinski definition) is 6. The lowest BCUT2D eigenvalue weighted by Crippen LogP contribution is -2.60. The topological polar surface area (TPSA) is 148 Å². The number of carbonyl (C=O) groups excluding carboxylic acids is 6. The summed E-state index contributed by atoms with van der Waals surface area (Å²) in [5.74, 6) is 6.38. The zero-order valence-corrected chi connectivity index (χ0v) is 47.6. The van der Waals surface area contributed by atoms with Crippen LogP contribution in [0.3, 0.4) is 0 Å². The lowest BCUT2D eigenvalue weighted by molar-refractivity contribution is -0.150. The number of unbranched alkanes of at least 4 members (excludes halogenated alkanes) is 6. The molecular weight excluding hydrogens is 949 g/mol. The molecule has 422 valence electrons. The smallest absolute Gasteiger partial charge is 0.232 e. The summed E-state index contributed by atoms with van der Waals surface area (Å²) in [7, 11) is 5.75. The number of hydrogen-bond donors (Lipinski definition) is 3. The number of fused-ring (bicyclic) bond motifs is 2. The summed E-state index contributed by atoms with van der Waals surface area (Å²) >= 11 is 0. The molecule has 10 aliphatic carbocycles. The molecule has 12 heteroatoms. The number of benzene rings is 1. The van der Waals surface area contributed by atoms with Gasteiger partial charge in [0.2, 0.25) is 35.4 Å². The second kappa shape index (κ2) is 26.3. The Morgan fingerprint density at radius 1 is 0.434 bits per heavy atom. The Kier molecular flexibility index (Phi) is 19.7. The van der Waals surface area contributed by atoms with Gasteiger partial charge in [0.1, 0.15) is 19.3 Å². The molecule has 10 aliphatic rings. The summed E-state index contributed by atoms with van der Waals surface area (Å²) in [6.07, 6.45) is 35.3. The van der Waals surface area contributed by atoms with E-state index in [9.17, 15) is 28.8 Å². The summed E-state index contributed by atoms with van der Waals surface area (Å²) < 4.78 is 0. The highest BCUT2D eigenvalue weighted by atomic mass is 16.2. The van der Waals surface area contributed by atoms with Crippen molar-refractivity contribution >= 4 is 35.4 Å². The van der Waals surface area contributed by atoms with Crippen LogP contribution in [0.4, 0.5) is 0 Å². The monoisotopic (exact) mass is 1050 g/mol. The van der Waals surface area contributed by atoms with Crippen molar-refractivity contribution in [3.05, 3.63) is 34.9 Å². The number of nitrogens with one attached hydrogen (secondary N) is 3. The van der Waals surface area contributed by atoms with Crippen LogP contribution in [0, 0.1) is 53.3 Å². The fourth-order valence-electron chi connectivity index (χ4n) is 17.9. The van der Waals surface area contributed by atoms with Crippen LogP contribution >= 0.6 is 0 Å². The van der Waals surface area contributed by atoms with E-state index in [-0.39, 0.29) is 65.8 Å². The van der Waals surface area contributed by atoms with E-state index in [1.165, 1.54) is 93.7 Å². The van der Waals surface area contributed by atoms with Gasteiger partial charge in [-0.05, 0) is 230 Å². The van der Waals surface area contributed by atoms with E-state index in [2.05, 4.69) is 34.1 Å². The molecule has 0 spiro atoms. The second-order valence-corrected chi connectivity index (χ2v) is 27.2. The first-order chi connectivity index (χ1) is 36.7. The van der Waals surface area contributed by atoms with E-state index in [1.807, 2.05) is 30.9 Å². The highest BCUT2D eigenvalue weighted by molar-refractivity contribution is 5.98. The third-order valence-electron chi connectivity index (χ3n) is 21.1. The maximum Gasteiger partial charge on any atom is 0.232 e. The number of rotatable bonds is 29. The molecule has 3 N–H and O–H groups in total. The first kappa shape index (κ1) is 56.7. The molecule has 2 atom stereocenters. The fraction of sp³-hybridized carbons (Fsp3) is 0.812. The summed E-state index contributed by atoms with van der Waals surface area (Å²) in [5.41, 5.74) is 3.97. The van der Waals surface area contributed by atoms with Gasteiger partial charge in [-0.2, -0.15) is 0 Å². The molecule has 10 bridgehead atoms. The van der Waals surface area contributed by atoms with E-state index in [4.69, 9.17) is 0 Å². The minimum atomic E-state index is -0.179. The Labute approximate surface area is 457 Å². The summed E-state index contributed by atoms with van der Waals surface area (Å²) in [6, 6.07) is 7.08. The molecule has 1 aromatic carbocycles. The Bertz CT molecular complexity index is 1990. The highest BCUT2D eigenvalue weighted by Gasteiger charge is 2.55. The highest BCUT2D eigenvalue weighted by Crippen LogP contribution is 2.59. The van der Waals surface area contributed by atoms with Crippen LogP contribution < -0.4 is 16.0 Å². The van der Waals surface area contributed by atoms with Crippen molar-refractivity contribution in [3.63, 3.8) is 0 Å². The second-order valence-electron chi connectivity index (χ2n) is 27.2. The lowest BCUT2D eigenvalue weighted by atomic mass is 9.52. The Hall–Kier alpha value is -3.96. The fourth-order valence-corrected chi connectivity index (χ4v) is 17.9. The molecular formula is C64H100N6O6. The average Bonchev–Trinajstić information content (AvgIpc) is 3.38. The molecule has 76 heavy (non-hydrogen) atoms. The minimum Gasteiger partial charge on any atom is -0.356 e. The van der Waals surface area contributed by atoms with Crippen LogP contribution in [0.25, 0.3) is 0 Å². The van der Waals surface area contributed by atoms with Gasteiger partial charge in [0.05, 0.1) is 0 Å². The molecule has 6 amide bonds. The van der Waals surface area contributed by atoms with Gasteiger partial charge in [-0.1, -0.05) is 56.7 Å². The first-order valence-electron chi connectivity index (χ1n) is 31.4. The van der Waals surface area contributed by atoms with Crippen LogP contribution in [0.15, 0.2) is 18.2 Å². The van der Waals surface area contributed by atoms with E-state index < -0.39 is 0 Å². The van der Waals surface area contributed by atoms with Crippen LogP contribution in [0.2, 0.25) is 0 Å². The maximum atomic E-state index is 13.4. The van der Waals surface area contributed by atoms with Gasteiger partial charge in [-0.15, -0.1) is 0 Å². The summed E-state index contributed by atoms with van der Waals surface area (Å²) in [4.78, 5) is 83.9. The van der Waals surface area contributed by atoms with Gasteiger partial charge >= 0.3 is 0 Å². The van der Waals surface area contributed by atoms with Crippen LogP contribution in [0.1, 0.15) is 216 Å². The molecule has 0 saturated heterocycles. The molecule has 0 heterocycles. The third-order valence-corrected chi connectivity index (χ3v) is 21.1. The van der Waals surface area contributed by atoms with Crippen molar-refractivity contribution < 1.29 is 28.8 Å². The normalized spacial score (nSPS) is 30.4. The van der Waals surface area contributed by atoms with Gasteiger partial charge in [-0.25, -0.2) is 0 Å². The Morgan fingerprint density at radius 3 is 1.12 bits per heavy atom. The third kappa shape index (κ3) is 15.2. The molecule has 1 aromatic rings. The molecule has 11 rings (SSSR count). The molecule has 12 nitrogen and oxygen atoms in total. The zero-order chi connectivity index (χ0) is 53.2. The van der Waals surface area contributed by atoms with Crippen LogP contribution in [-0.2, 0) is 48.0 Å². The van der Waals surface area contributed by atoms with E-state index in [0.717, 1.165) is 182 Å². The largest absolute Gasteiger partial charge is 0.356 e. The predicted octanol–water partition coefficient (Wildman–Crippen LogP) is 10.3. The van der Waals surface area contributed by atoms with E-state index in [1.54, 1.807) is 4.90 Å². The summed E-state index contributed by atoms with van der Waals surface area (Å²) in [5, 5.41) is 9.10. The van der Waals surface area contributed by atoms with Crippen LogP contribution in [0.5, 0.6) is 0 Å². The SMILES string of the molecule is CN(CCC1CC2CCCC(C2)C1)C(=O)CC(=O)NCCCCCc1cc(CCCCCNC(=O)CC(=O)N(C)C23CC4CC(CC(C4)C2)C3)cc(CCCCCNC(=O)CC(=O)N(C)C23CC4CC(CC(C4)C2)C3)c1. The van der Waals surface area contributed by atoms with Crippen LogP contribution in [-0.4, -0.2) is 109 Å². The lowest BCUT2D eigenvalue weighted by Gasteiger charge is -2.59. The van der Waals surface area contributed by atoms with Crippen molar-refractivity contribution in [2.45, 2.75) is 229 Å². The van der Waals surface area contributed by atoms with Gasteiger partial charge in [0, 0.05) is 58.4 Å². The van der Waals surface area contributed by atoms with Crippen molar-refractivity contribution in [1.82, 2.24) is 30.7 Å². The van der Waals surface area contributed by atoms with Gasteiger partial charge < -0.3 is 30.7 Å². The number of nitrogens with zero attached hydrogens (tertiary/aromatic N) is 3. The van der Waals surface area contributed by atoms with Crippen molar-refractivity contribution in [2.24, 2.45) is 53.3 Å². The van der Waals surface area contributed by atoms with Gasteiger partial charge in [0.25, 0.3) is 0 Å². The Morgan fingerprint density at radius 2 is 0.763 bits per heavy atom. The van der Waals surface area contributed by atoms with E-state index >= 15 is 0 Å². The zero-order valence-electron chi connectivity index (χ0n) is 47.6. The Balaban J connectivity index is 0.670.